The number of hydrogen-bond acceptors (Lipinski definition) is 10. The minimum atomic E-state index is -4.27. The lowest BCUT2D eigenvalue weighted by molar-refractivity contribution is -0.670. The van der Waals surface area contributed by atoms with Gasteiger partial charge < -0.3 is 30.4 Å². The number of pyridine rings is 2. The highest BCUT2D eigenvalue weighted by Gasteiger charge is 2.17. The van der Waals surface area contributed by atoms with Gasteiger partial charge >= 0.3 is 0 Å². The summed E-state index contributed by atoms with van der Waals surface area (Å²) in [5.74, 6) is -1.25. The number of fused-ring (bicyclic) bond motifs is 1. The quantitative estimate of drug-likeness (QED) is 0.0788. The first kappa shape index (κ1) is 51.0. The first-order valence-corrected chi connectivity index (χ1v) is 24.0. The van der Waals surface area contributed by atoms with Gasteiger partial charge in [0, 0.05) is 51.1 Å². The predicted octanol–water partition coefficient (Wildman–Crippen LogP) is 7.30. The first-order valence-electron chi connectivity index (χ1n) is 21.2. The Kier molecular flexibility index (Phi) is 16.4. The van der Waals surface area contributed by atoms with Crippen LogP contribution in [0.2, 0.25) is 0 Å². The molecular formula is C52H46N6O10S2. The largest absolute Gasteiger partial charge is 0.744 e. The molecule has 8 aromatic rings. The fourth-order valence-corrected chi connectivity index (χ4v) is 7.56. The molecule has 0 saturated heterocycles. The van der Waals surface area contributed by atoms with Gasteiger partial charge in [0.1, 0.15) is 45.7 Å². The lowest BCUT2D eigenvalue weighted by atomic mass is 10.0. The summed E-state index contributed by atoms with van der Waals surface area (Å²) in [4.78, 5) is 51.5. The molecule has 16 nitrogen and oxygen atoms in total. The molecule has 356 valence electrons. The fourth-order valence-electron chi connectivity index (χ4n) is 6.62. The summed E-state index contributed by atoms with van der Waals surface area (Å²) in [6.45, 7) is 3.64. The van der Waals surface area contributed by atoms with E-state index >= 15 is 0 Å². The van der Waals surface area contributed by atoms with E-state index in [1.807, 2.05) is 98.1 Å². The van der Waals surface area contributed by atoms with E-state index in [0.29, 0.717) is 55.8 Å². The Labute approximate surface area is 404 Å². The Balaban J connectivity index is 0.000000298. The van der Waals surface area contributed by atoms with Gasteiger partial charge in [0.2, 0.25) is 0 Å². The standard InChI is InChI=1S/C38H30N6O4.2C7H8O3S/c1-43-21-5-7-29(23-43)40-36(46)27-15-17-28(18-16-27)39-35(45)25-11-13-26(14-12-25)37(47)42-34-20-19-33(31-9-3-4-10-32(31)34)38(48)41-30-8-6-22-44(2)24-30;2*1-6-2-4-7(5-3-6)11(8,9)10/h3-24H,1-2H3,(H2-2,39,40,41,42,45,46,47,48);2*2-5H,1H3,(H,8,9,10). The highest BCUT2D eigenvalue weighted by Crippen LogP contribution is 2.28. The van der Waals surface area contributed by atoms with Gasteiger partial charge in [-0.1, -0.05) is 59.7 Å². The molecule has 6 aromatic carbocycles. The maximum atomic E-state index is 13.2. The molecule has 0 spiro atoms. The summed E-state index contributed by atoms with van der Waals surface area (Å²) in [7, 11) is -4.79. The normalized spacial score (nSPS) is 10.9. The lowest BCUT2D eigenvalue weighted by Crippen LogP contribution is -2.27. The van der Waals surface area contributed by atoms with Crippen LogP contribution in [-0.4, -0.2) is 49.6 Å². The van der Waals surface area contributed by atoms with Gasteiger partial charge in [-0.3, -0.25) is 19.2 Å². The Morgan fingerprint density at radius 3 is 1.23 bits per heavy atom. The monoisotopic (exact) mass is 978 g/mol. The van der Waals surface area contributed by atoms with Crippen molar-refractivity contribution in [2.45, 2.75) is 23.6 Å². The van der Waals surface area contributed by atoms with Crippen molar-refractivity contribution >= 4 is 77.4 Å². The van der Waals surface area contributed by atoms with Crippen LogP contribution in [0.4, 0.5) is 22.7 Å². The van der Waals surface area contributed by atoms with Crippen LogP contribution in [0.25, 0.3) is 10.8 Å². The molecule has 4 N–H and O–H groups in total. The summed E-state index contributed by atoms with van der Waals surface area (Å²) in [6, 6.07) is 42.5. The van der Waals surface area contributed by atoms with E-state index in [-0.39, 0.29) is 33.4 Å². The van der Waals surface area contributed by atoms with Crippen molar-refractivity contribution < 1.29 is 54.3 Å². The van der Waals surface area contributed by atoms with E-state index in [1.54, 1.807) is 97.2 Å². The molecule has 0 aliphatic carbocycles. The summed E-state index contributed by atoms with van der Waals surface area (Å²) in [5, 5.41) is 12.9. The number of hydrogen-bond donors (Lipinski definition) is 4. The number of benzene rings is 6. The maximum absolute atomic E-state index is 13.2. The number of rotatable bonds is 10. The molecular weight excluding hydrogens is 933 g/mol. The average Bonchev–Trinajstić information content (AvgIpc) is 3.32. The van der Waals surface area contributed by atoms with Crippen molar-refractivity contribution in [1.82, 2.24) is 0 Å². The molecule has 0 unspecified atom stereocenters. The zero-order chi connectivity index (χ0) is 50.6. The Morgan fingerprint density at radius 2 is 0.800 bits per heavy atom. The number of carbonyl (C=O) groups excluding carboxylic acids is 4. The molecule has 0 aliphatic heterocycles. The van der Waals surface area contributed by atoms with Gasteiger partial charge in [0.15, 0.2) is 24.8 Å². The minimum absolute atomic E-state index is 0.178. The van der Waals surface area contributed by atoms with Crippen LogP contribution in [0.5, 0.6) is 0 Å². The van der Waals surface area contributed by atoms with E-state index < -0.39 is 20.2 Å². The summed E-state index contributed by atoms with van der Waals surface area (Å²) >= 11 is 0. The molecule has 0 bridgehead atoms. The van der Waals surface area contributed by atoms with Gasteiger partial charge in [-0.25, -0.2) is 26.0 Å². The third-order valence-electron chi connectivity index (χ3n) is 10.2. The fraction of sp³-hybridized carbons (Fsp3) is 0.0769. The average molecular weight is 979 g/mol. The number of carbonyl (C=O) groups is 4. The Bertz CT molecular complexity index is 3350. The van der Waals surface area contributed by atoms with Crippen LogP contribution in [0, 0.1) is 13.8 Å². The van der Waals surface area contributed by atoms with Crippen LogP contribution in [0.1, 0.15) is 52.6 Å². The van der Waals surface area contributed by atoms with E-state index in [9.17, 15) is 45.1 Å². The third-order valence-corrected chi connectivity index (χ3v) is 11.9. The number of aryl methyl sites for hydroxylation is 4. The van der Waals surface area contributed by atoms with Crippen LogP contribution < -0.4 is 30.4 Å². The second-order valence-electron chi connectivity index (χ2n) is 15.7. The highest BCUT2D eigenvalue weighted by atomic mass is 32.2. The zero-order valence-corrected chi connectivity index (χ0v) is 39.7. The Morgan fingerprint density at radius 1 is 0.414 bits per heavy atom. The van der Waals surface area contributed by atoms with Crippen molar-refractivity contribution in [3.05, 3.63) is 216 Å². The topological polar surface area (TPSA) is 239 Å². The Hall–Kier alpha value is -8.42. The summed E-state index contributed by atoms with van der Waals surface area (Å²) < 4.78 is 66.0. The van der Waals surface area contributed by atoms with Crippen LogP contribution in [-0.2, 0) is 34.3 Å². The van der Waals surface area contributed by atoms with Crippen molar-refractivity contribution in [2.24, 2.45) is 14.1 Å². The molecule has 0 atom stereocenters. The smallest absolute Gasteiger partial charge is 0.256 e. The molecule has 2 heterocycles. The molecule has 18 heteroatoms. The molecule has 2 aromatic heterocycles. The molecule has 0 saturated carbocycles. The number of nitrogens with zero attached hydrogens (tertiary/aromatic N) is 2. The van der Waals surface area contributed by atoms with Gasteiger partial charge in [0.05, 0.1) is 9.79 Å². The molecule has 0 radical (unpaired) electrons. The minimum Gasteiger partial charge on any atom is -0.744 e. The number of nitrogens with one attached hydrogen (secondary N) is 4. The van der Waals surface area contributed by atoms with Crippen LogP contribution >= 0.6 is 0 Å². The molecule has 70 heavy (non-hydrogen) atoms. The van der Waals surface area contributed by atoms with Crippen LogP contribution in [0.3, 0.4) is 0 Å². The van der Waals surface area contributed by atoms with E-state index in [0.717, 1.165) is 11.1 Å². The van der Waals surface area contributed by atoms with Crippen molar-refractivity contribution in [3.8, 4) is 0 Å². The van der Waals surface area contributed by atoms with Gasteiger partial charge in [0.25, 0.3) is 23.6 Å². The molecule has 4 amide bonds. The third kappa shape index (κ3) is 14.3. The van der Waals surface area contributed by atoms with Crippen LogP contribution in [0.15, 0.2) is 192 Å². The maximum Gasteiger partial charge on any atom is 0.256 e. The van der Waals surface area contributed by atoms with Crippen molar-refractivity contribution in [1.29, 1.82) is 0 Å². The van der Waals surface area contributed by atoms with Gasteiger partial charge in [-0.15, -0.1) is 0 Å². The SMILES string of the molecule is C[n+]1cccc(NC(=O)c2ccc(NC(=O)c3ccc(C(=O)Nc4ccc(C(=O)Nc5ccc[n+](C)c5)c5ccccc45)cc3)cc2)c1.Cc1ccc(S(=O)(=O)[O-])cc1.Cc1ccc(S(=O)(=O)[O-])cc1. The molecule has 8 rings (SSSR count). The highest BCUT2D eigenvalue weighted by molar-refractivity contribution is 7.86. The van der Waals surface area contributed by atoms with E-state index in [4.69, 9.17) is 0 Å². The van der Waals surface area contributed by atoms with E-state index in [1.165, 1.54) is 24.3 Å². The first-order chi connectivity index (χ1) is 33.2. The number of anilines is 4. The molecule has 0 fully saturated rings. The van der Waals surface area contributed by atoms with Crippen molar-refractivity contribution in [3.63, 3.8) is 0 Å². The predicted molar refractivity (Wildman–Crippen MR) is 262 cm³/mol. The lowest BCUT2D eigenvalue weighted by Gasteiger charge is -2.13. The van der Waals surface area contributed by atoms with Gasteiger partial charge in [-0.05, 0) is 116 Å². The zero-order valence-electron chi connectivity index (χ0n) is 38.1. The molecule has 0 aliphatic rings. The summed E-state index contributed by atoms with van der Waals surface area (Å²) in [6.07, 6.45) is 7.36. The number of amides is 4. The summed E-state index contributed by atoms with van der Waals surface area (Å²) in [5.41, 5.74) is 5.90. The number of aromatic nitrogens is 2. The van der Waals surface area contributed by atoms with E-state index in [2.05, 4.69) is 21.3 Å². The second kappa shape index (κ2) is 22.6. The van der Waals surface area contributed by atoms with Gasteiger partial charge in [-0.2, -0.15) is 0 Å². The van der Waals surface area contributed by atoms with Crippen molar-refractivity contribution in [2.75, 3.05) is 21.3 Å². The second-order valence-corrected chi connectivity index (χ2v) is 18.5.